The Balaban J connectivity index is 0.796. The van der Waals surface area contributed by atoms with Gasteiger partial charge >= 0.3 is 0 Å². The first-order valence-electron chi connectivity index (χ1n) is 22.6. The average molecular weight is 905 g/mol. The summed E-state index contributed by atoms with van der Waals surface area (Å²) in [6.07, 6.45) is 2.75. The number of piperidine rings is 1. The van der Waals surface area contributed by atoms with Crippen molar-refractivity contribution >= 4 is 51.6 Å². The van der Waals surface area contributed by atoms with Crippen LogP contribution in [-0.2, 0) is 19.8 Å². The molecule has 5 aromatic rings. The maximum Gasteiger partial charge on any atom is 0.282 e. The number of thiazole rings is 1. The van der Waals surface area contributed by atoms with Gasteiger partial charge in [-0.2, -0.15) is 4.98 Å². The quantitative estimate of drug-likeness (QED) is 0.138. The first-order chi connectivity index (χ1) is 30.4. The standard InChI is InChI=1S/C50H58ClN7O5S/c1-27(29-11-13-31(14-12-29)42-28(2)52-26-64-42)53-45(61)40-24-35(59)25-57(40)47(63)43(49(3,4)5)54-44(60)33-21-34(22-33)56-19-17-30(18-20-56)32-15-16-38-36(23-32)50(6,7)48-55-46(62)41-37(51)9-8-10-39(41)58(38)48/h8-16,23,26-27,30,33-35,40,43,59H,17-22,24-25H2,1-7H3,(H,53,61)(H,54,60)/t27-,33?,34?,35+,40-,43+/m0/s1. The van der Waals surface area contributed by atoms with Gasteiger partial charge in [-0.1, -0.05) is 74.8 Å². The Labute approximate surface area is 383 Å². The molecule has 5 heterocycles. The molecule has 3 aromatic carbocycles. The lowest BCUT2D eigenvalue weighted by Gasteiger charge is -2.46. The van der Waals surface area contributed by atoms with E-state index in [0.717, 1.165) is 83.1 Å². The maximum absolute atomic E-state index is 14.3. The van der Waals surface area contributed by atoms with E-state index in [1.165, 1.54) is 10.5 Å². The van der Waals surface area contributed by atoms with Crippen molar-refractivity contribution in [3.8, 4) is 16.1 Å². The molecule has 0 spiro atoms. The van der Waals surface area contributed by atoms with Gasteiger partial charge < -0.3 is 25.5 Å². The fourth-order valence-corrected chi connectivity index (χ4v) is 11.5. The molecule has 2 aromatic heterocycles. The minimum absolute atomic E-state index is 0.0277. The van der Waals surface area contributed by atoms with Gasteiger partial charge in [0.25, 0.3) is 5.56 Å². The van der Waals surface area contributed by atoms with E-state index < -0.39 is 29.0 Å². The zero-order valence-corrected chi connectivity index (χ0v) is 39.2. The number of carbonyl (C=O) groups is 3. The number of aliphatic hydroxyl groups excluding tert-OH is 1. The van der Waals surface area contributed by atoms with Gasteiger partial charge in [-0.25, -0.2) is 4.98 Å². The molecule has 336 valence electrons. The van der Waals surface area contributed by atoms with Crippen LogP contribution in [0.5, 0.6) is 0 Å². The van der Waals surface area contributed by atoms with Crippen LogP contribution in [-0.4, -0.2) is 91.0 Å². The van der Waals surface area contributed by atoms with Crippen molar-refractivity contribution in [3.05, 3.63) is 110 Å². The number of likely N-dealkylation sites (tertiary alicyclic amines) is 2. The molecule has 4 aliphatic rings. The Hall–Kier alpha value is -4.95. The first-order valence-corrected chi connectivity index (χ1v) is 23.9. The van der Waals surface area contributed by atoms with Crippen LogP contribution in [0.2, 0.25) is 5.02 Å². The summed E-state index contributed by atoms with van der Waals surface area (Å²) in [7, 11) is 0. The molecule has 9 rings (SSSR count). The third-order valence-electron chi connectivity index (χ3n) is 14.4. The Morgan fingerprint density at radius 2 is 1.69 bits per heavy atom. The third-order valence-corrected chi connectivity index (χ3v) is 15.7. The minimum atomic E-state index is -0.867. The number of aryl methyl sites for hydroxylation is 1. The predicted octanol–water partition coefficient (Wildman–Crippen LogP) is 7.44. The topological polar surface area (TPSA) is 150 Å². The first kappa shape index (κ1) is 44.3. The van der Waals surface area contributed by atoms with Crippen LogP contribution in [0, 0.1) is 18.3 Å². The number of nitrogens with zero attached hydrogens (tertiary/aromatic N) is 5. The van der Waals surface area contributed by atoms with E-state index in [-0.39, 0.29) is 48.2 Å². The number of β-amino-alcohol motifs (C(OH)–C–C–N with tert-alkyl or cyclic N) is 1. The lowest BCUT2D eigenvalue weighted by molar-refractivity contribution is -0.145. The summed E-state index contributed by atoms with van der Waals surface area (Å²) in [6, 6.07) is 18.5. The van der Waals surface area contributed by atoms with Gasteiger partial charge in [0.2, 0.25) is 17.7 Å². The molecule has 0 bridgehead atoms. The van der Waals surface area contributed by atoms with Crippen molar-refractivity contribution in [1.82, 2.24) is 35.0 Å². The zero-order chi connectivity index (χ0) is 45.4. The van der Waals surface area contributed by atoms with Crippen LogP contribution in [0.15, 0.2) is 71.0 Å². The normalized spacial score (nSPS) is 23.0. The molecule has 3 fully saturated rings. The number of hydrogen-bond donors (Lipinski definition) is 3. The Bertz CT molecular complexity index is 2690. The fraction of sp³-hybridized carbons (Fsp3) is 0.480. The Kier molecular flexibility index (Phi) is 11.6. The minimum Gasteiger partial charge on any atom is -0.391 e. The molecule has 0 radical (unpaired) electrons. The molecule has 12 nitrogen and oxygen atoms in total. The molecule has 3 aliphatic heterocycles. The number of rotatable bonds is 9. The van der Waals surface area contributed by atoms with Gasteiger partial charge in [-0.05, 0) is 118 Å². The van der Waals surface area contributed by atoms with Crippen molar-refractivity contribution in [2.24, 2.45) is 11.3 Å². The van der Waals surface area contributed by atoms with Crippen LogP contribution in [0.3, 0.4) is 0 Å². The third kappa shape index (κ3) is 7.96. The van der Waals surface area contributed by atoms with Crippen molar-refractivity contribution in [2.75, 3.05) is 19.6 Å². The SMILES string of the molecule is Cc1ncsc1-c1ccc([C@H](C)NC(=O)[C@@H]2C[C@@H](O)CN2C(=O)[C@@H](NC(=O)C2CC(N3CCC(c4ccc5c(c4)C(C)(C)c4nc(=O)c6c(Cl)cccc6n4-5)CC3)C2)C(C)(C)C)cc1. The largest absolute Gasteiger partial charge is 0.391 e. The van der Waals surface area contributed by atoms with E-state index in [1.807, 2.05) is 76.5 Å². The highest BCUT2D eigenvalue weighted by atomic mass is 35.5. The van der Waals surface area contributed by atoms with Crippen molar-refractivity contribution in [3.63, 3.8) is 0 Å². The second-order valence-electron chi connectivity index (χ2n) is 20.1. The molecule has 3 amide bonds. The molecule has 2 saturated heterocycles. The summed E-state index contributed by atoms with van der Waals surface area (Å²) in [4.78, 5) is 69.0. The number of halogens is 1. The second kappa shape index (κ2) is 16.8. The van der Waals surface area contributed by atoms with Gasteiger partial charge in [-0.15, -0.1) is 11.3 Å². The van der Waals surface area contributed by atoms with E-state index >= 15 is 0 Å². The molecule has 1 saturated carbocycles. The molecule has 3 N–H and O–H groups in total. The second-order valence-corrected chi connectivity index (χ2v) is 21.3. The number of hydrogen-bond acceptors (Lipinski definition) is 9. The number of carbonyl (C=O) groups excluding carboxylic acids is 3. The zero-order valence-electron chi connectivity index (χ0n) is 37.7. The van der Waals surface area contributed by atoms with Gasteiger partial charge in [0, 0.05) is 24.9 Å². The lowest BCUT2D eigenvalue weighted by atomic mass is 9.76. The summed E-state index contributed by atoms with van der Waals surface area (Å²) >= 11 is 8.07. The molecule has 0 unspecified atom stereocenters. The van der Waals surface area contributed by atoms with Crippen LogP contribution in [0.4, 0.5) is 0 Å². The van der Waals surface area contributed by atoms with E-state index in [4.69, 9.17) is 11.6 Å². The van der Waals surface area contributed by atoms with Gasteiger partial charge in [0.15, 0.2) is 0 Å². The lowest BCUT2D eigenvalue weighted by Crippen LogP contribution is -2.60. The molecular formula is C50H58ClN7O5S. The van der Waals surface area contributed by atoms with E-state index in [2.05, 4.69) is 62.1 Å². The summed E-state index contributed by atoms with van der Waals surface area (Å²) < 4.78 is 2.09. The smallest absolute Gasteiger partial charge is 0.282 e. The van der Waals surface area contributed by atoms with Gasteiger partial charge in [0.05, 0.1) is 55.3 Å². The van der Waals surface area contributed by atoms with Crippen LogP contribution < -0.4 is 16.2 Å². The maximum atomic E-state index is 14.3. The van der Waals surface area contributed by atoms with Crippen molar-refractivity contribution in [1.29, 1.82) is 0 Å². The summed E-state index contributed by atoms with van der Waals surface area (Å²) in [6.45, 7) is 15.8. The van der Waals surface area contributed by atoms with Gasteiger partial charge in [-0.3, -0.25) is 23.7 Å². The molecule has 64 heavy (non-hydrogen) atoms. The Morgan fingerprint density at radius 3 is 2.36 bits per heavy atom. The van der Waals surface area contributed by atoms with Crippen LogP contribution in [0.1, 0.15) is 114 Å². The molecule has 14 heteroatoms. The summed E-state index contributed by atoms with van der Waals surface area (Å²) in [5.41, 5.74) is 7.65. The van der Waals surface area contributed by atoms with E-state index in [0.29, 0.717) is 22.4 Å². The monoisotopic (exact) mass is 903 g/mol. The molecule has 1 aliphatic carbocycles. The summed E-state index contributed by atoms with van der Waals surface area (Å²) in [5, 5.41) is 17.8. The van der Waals surface area contributed by atoms with Crippen molar-refractivity contribution < 1.29 is 19.5 Å². The number of benzene rings is 3. The van der Waals surface area contributed by atoms with Crippen LogP contribution in [0.25, 0.3) is 27.0 Å². The molecular weight excluding hydrogens is 846 g/mol. The summed E-state index contributed by atoms with van der Waals surface area (Å²) in [5.74, 6) is 0.0895. The fourth-order valence-electron chi connectivity index (χ4n) is 10.5. The Morgan fingerprint density at radius 1 is 0.969 bits per heavy atom. The number of amides is 3. The molecule has 4 atom stereocenters. The van der Waals surface area contributed by atoms with E-state index in [1.54, 1.807) is 17.4 Å². The predicted molar refractivity (Wildman–Crippen MR) is 251 cm³/mol. The van der Waals surface area contributed by atoms with Crippen LogP contribution >= 0.6 is 22.9 Å². The van der Waals surface area contributed by atoms with Crippen molar-refractivity contribution in [2.45, 2.75) is 122 Å². The average Bonchev–Trinajstić information content (AvgIpc) is 3.92. The number of nitrogens with one attached hydrogen (secondary N) is 2. The highest BCUT2D eigenvalue weighted by molar-refractivity contribution is 7.13. The highest BCUT2D eigenvalue weighted by Gasteiger charge is 2.47. The van der Waals surface area contributed by atoms with E-state index in [9.17, 15) is 24.3 Å². The highest BCUT2D eigenvalue weighted by Crippen LogP contribution is 2.45. The van der Waals surface area contributed by atoms with Gasteiger partial charge in [0.1, 0.15) is 17.9 Å². The number of aliphatic hydroxyl groups is 1. The number of aromatic nitrogens is 3. The number of fused-ring (bicyclic) bond motifs is 5.